The summed E-state index contributed by atoms with van der Waals surface area (Å²) in [5.74, 6) is 2.09. The molecule has 0 bridgehead atoms. The Balaban J connectivity index is 1.42. The molecule has 1 aliphatic rings. The van der Waals surface area contributed by atoms with E-state index in [0.29, 0.717) is 18.4 Å². The largest absolute Gasteiger partial charge is 0.334 e. The van der Waals surface area contributed by atoms with Crippen LogP contribution in [0.3, 0.4) is 0 Å². The van der Waals surface area contributed by atoms with Crippen LogP contribution in [0, 0.1) is 5.92 Å². The highest BCUT2D eigenvalue weighted by Gasteiger charge is 2.22. The number of anilines is 2. The topological polar surface area (TPSA) is 79.3 Å². The minimum Gasteiger partial charge on any atom is -0.334 e. The molecule has 0 spiro atoms. The predicted molar refractivity (Wildman–Crippen MR) is 115 cm³/mol. The third-order valence-electron chi connectivity index (χ3n) is 5.28. The molecule has 2 aromatic rings. The zero-order valence-electron chi connectivity index (χ0n) is 17.5. The number of aromatic nitrogens is 2. The van der Waals surface area contributed by atoms with Crippen molar-refractivity contribution in [2.24, 2.45) is 5.92 Å². The first kappa shape index (κ1) is 21.0. The van der Waals surface area contributed by atoms with Gasteiger partial charge in [0.1, 0.15) is 5.82 Å². The number of nitrogens with one attached hydrogen (secondary N) is 2. The van der Waals surface area contributed by atoms with Crippen LogP contribution in [0.25, 0.3) is 0 Å². The molecule has 2 amide bonds. The summed E-state index contributed by atoms with van der Waals surface area (Å²) in [6.45, 7) is 9.10. The number of hydrogen-bond donors (Lipinski definition) is 2. The van der Waals surface area contributed by atoms with E-state index in [1.807, 2.05) is 6.20 Å². The molecule has 0 radical (unpaired) electrons. The van der Waals surface area contributed by atoms with Crippen LogP contribution in [-0.2, 0) is 16.1 Å². The Morgan fingerprint density at radius 2 is 1.72 bits per heavy atom. The van der Waals surface area contributed by atoms with Crippen LogP contribution in [0.15, 0.2) is 36.7 Å². The van der Waals surface area contributed by atoms with Gasteiger partial charge in [-0.3, -0.25) is 14.5 Å². The van der Waals surface area contributed by atoms with Gasteiger partial charge in [-0.25, -0.2) is 4.98 Å². The van der Waals surface area contributed by atoms with Crippen LogP contribution in [0.4, 0.5) is 11.4 Å². The number of nitrogens with zero attached hydrogens (tertiary/aromatic N) is 3. The second kappa shape index (κ2) is 9.69. The standard InChI is InChI=1S/C22H31N5O2/c1-16(2)22-23-10-13-27(22)14-18-8-11-26(12-9-18)15-21(29)25-20-6-4-19(5-7-20)24-17(3)28/h4-7,10,13,16,18H,8-9,11-12,14-15H2,1-3H3,(H,24,28)(H,25,29). The average Bonchev–Trinajstić information content (AvgIpc) is 3.13. The molecule has 2 heterocycles. The third kappa shape index (κ3) is 6.15. The Bertz CT molecular complexity index is 820. The lowest BCUT2D eigenvalue weighted by Gasteiger charge is -2.32. The van der Waals surface area contributed by atoms with Crippen molar-refractivity contribution in [2.45, 2.75) is 46.1 Å². The van der Waals surface area contributed by atoms with Gasteiger partial charge in [0.05, 0.1) is 6.54 Å². The molecule has 0 atom stereocenters. The number of benzene rings is 1. The Morgan fingerprint density at radius 1 is 1.10 bits per heavy atom. The van der Waals surface area contributed by atoms with Gasteiger partial charge in [0.25, 0.3) is 0 Å². The summed E-state index contributed by atoms with van der Waals surface area (Å²) in [6, 6.07) is 7.16. The number of piperidine rings is 1. The van der Waals surface area contributed by atoms with Crippen molar-refractivity contribution in [3.63, 3.8) is 0 Å². The highest BCUT2D eigenvalue weighted by molar-refractivity contribution is 5.93. The summed E-state index contributed by atoms with van der Waals surface area (Å²) < 4.78 is 2.28. The van der Waals surface area contributed by atoms with Gasteiger partial charge in [0.2, 0.25) is 11.8 Å². The normalized spacial score (nSPS) is 15.4. The Morgan fingerprint density at radius 3 is 2.31 bits per heavy atom. The zero-order chi connectivity index (χ0) is 20.8. The summed E-state index contributed by atoms with van der Waals surface area (Å²) in [5, 5.41) is 5.65. The molecule has 1 fully saturated rings. The van der Waals surface area contributed by atoms with Crippen LogP contribution >= 0.6 is 0 Å². The fourth-order valence-corrected chi connectivity index (χ4v) is 3.82. The summed E-state index contributed by atoms with van der Waals surface area (Å²) in [6.07, 6.45) is 6.15. The van der Waals surface area contributed by atoms with Gasteiger partial charge < -0.3 is 15.2 Å². The van der Waals surface area contributed by atoms with E-state index in [9.17, 15) is 9.59 Å². The average molecular weight is 398 g/mol. The van der Waals surface area contributed by atoms with E-state index in [1.165, 1.54) is 6.92 Å². The molecule has 1 aliphatic heterocycles. The fraction of sp³-hybridized carbons (Fsp3) is 0.500. The van der Waals surface area contributed by atoms with Gasteiger partial charge >= 0.3 is 0 Å². The van der Waals surface area contributed by atoms with Crippen LogP contribution in [0.5, 0.6) is 0 Å². The maximum atomic E-state index is 12.4. The molecule has 0 saturated carbocycles. The predicted octanol–water partition coefficient (Wildman–Crippen LogP) is 3.32. The van der Waals surface area contributed by atoms with Crippen LogP contribution in [0.1, 0.15) is 45.4 Å². The smallest absolute Gasteiger partial charge is 0.238 e. The quantitative estimate of drug-likeness (QED) is 0.751. The van der Waals surface area contributed by atoms with Crippen LogP contribution < -0.4 is 10.6 Å². The molecule has 2 N–H and O–H groups in total. The SMILES string of the molecule is CC(=O)Nc1ccc(NC(=O)CN2CCC(Cn3ccnc3C(C)C)CC2)cc1. The number of carbonyl (C=O) groups excluding carboxylic acids is 2. The zero-order valence-corrected chi connectivity index (χ0v) is 17.5. The highest BCUT2D eigenvalue weighted by Crippen LogP contribution is 2.22. The number of hydrogen-bond acceptors (Lipinski definition) is 4. The van der Waals surface area contributed by atoms with Crippen molar-refractivity contribution in [1.82, 2.24) is 14.5 Å². The molecule has 7 nitrogen and oxygen atoms in total. The fourth-order valence-electron chi connectivity index (χ4n) is 3.82. The van der Waals surface area contributed by atoms with Gasteiger partial charge in [-0.05, 0) is 56.1 Å². The summed E-state index contributed by atoms with van der Waals surface area (Å²) in [4.78, 5) is 30.1. The van der Waals surface area contributed by atoms with Gasteiger partial charge in [-0.2, -0.15) is 0 Å². The molecule has 1 saturated heterocycles. The minimum absolute atomic E-state index is 0.00701. The first-order chi connectivity index (χ1) is 13.9. The lowest BCUT2D eigenvalue weighted by Crippen LogP contribution is -2.40. The number of imidazole rings is 1. The maximum Gasteiger partial charge on any atom is 0.238 e. The van der Waals surface area contributed by atoms with Crippen molar-refractivity contribution in [1.29, 1.82) is 0 Å². The molecule has 7 heteroatoms. The Labute approximate surface area is 172 Å². The first-order valence-corrected chi connectivity index (χ1v) is 10.3. The lowest BCUT2D eigenvalue weighted by atomic mass is 9.96. The maximum absolute atomic E-state index is 12.4. The molecule has 0 aliphatic carbocycles. The van der Waals surface area contributed by atoms with Crippen molar-refractivity contribution < 1.29 is 9.59 Å². The Hall–Kier alpha value is -2.67. The number of rotatable bonds is 7. The summed E-state index contributed by atoms with van der Waals surface area (Å²) in [7, 11) is 0. The second-order valence-corrected chi connectivity index (χ2v) is 8.12. The molecule has 0 unspecified atom stereocenters. The molecular formula is C22H31N5O2. The van der Waals surface area contributed by atoms with Gasteiger partial charge in [-0.1, -0.05) is 13.8 Å². The number of likely N-dealkylation sites (tertiary alicyclic amines) is 1. The van der Waals surface area contributed by atoms with Crippen LogP contribution in [-0.4, -0.2) is 45.9 Å². The monoisotopic (exact) mass is 397 g/mol. The third-order valence-corrected chi connectivity index (χ3v) is 5.28. The van der Waals surface area contributed by atoms with Crippen LogP contribution in [0.2, 0.25) is 0 Å². The number of amides is 2. The molecule has 1 aromatic heterocycles. The van der Waals surface area contributed by atoms with E-state index in [-0.39, 0.29) is 11.8 Å². The van der Waals surface area contributed by atoms with Gasteiger partial charge in [0, 0.05) is 43.2 Å². The Kier molecular flexibility index (Phi) is 7.04. The minimum atomic E-state index is -0.112. The number of carbonyl (C=O) groups is 2. The van der Waals surface area contributed by atoms with E-state index in [2.05, 4.69) is 45.1 Å². The molecule has 29 heavy (non-hydrogen) atoms. The van der Waals surface area contributed by atoms with E-state index < -0.39 is 0 Å². The molecule has 1 aromatic carbocycles. The van der Waals surface area contributed by atoms with Crippen molar-refractivity contribution in [3.8, 4) is 0 Å². The molecular weight excluding hydrogens is 366 g/mol. The van der Waals surface area contributed by atoms with Crippen molar-refractivity contribution in [3.05, 3.63) is 42.5 Å². The van der Waals surface area contributed by atoms with E-state index in [4.69, 9.17) is 0 Å². The van der Waals surface area contributed by atoms with Gasteiger partial charge in [-0.15, -0.1) is 0 Å². The van der Waals surface area contributed by atoms with Crippen molar-refractivity contribution >= 4 is 23.2 Å². The van der Waals surface area contributed by atoms with E-state index in [0.717, 1.165) is 49.7 Å². The second-order valence-electron chi connectivity index (χ2n) is 8.12. The first-order valence-electron chi connectivity index (χ1n) is 10.3. The highest BCUT2D eigenvalue weighted by atomic mass is 16.2. The van der Waals surface area contributed by atoms with Crippen molar-refractivity contribution in [2.75, 3.05) is 30.3 Å². The summed E-state index contributed by atoms with van der Waals surface area (Å²) in [5.41, 5.74) is 1.45. The summed E-state index contributed by atoms with van der Waals surface area (Å²) >= 11 is 0. The van der Waals surface area contributed by atoms with E-state index >= 15 is 0 Å². The molecule has 156 valence electrons. The van der Waals surface area contributed by atoms with Gasteiger partial charge in [0.15, 0.2) is 0 Å². The van der Waals surface area contributed by atoms with E-state index in [1.54, 1.807) is 24.3 Å². The molecule has 3 rings (SSSR count). The lowest BCUT2D eigenvalue weighted by molar-refractivity contribution is -0.117.